The third-order valence-electron chi connectivity index (χ3n) is 2.21. The lowest BCUT2D eigenvalue weighted by molar-refractivity contribution is 0.0734. The van der Waals surface area contributed by atoms with Crippen molar-refractivity contribution < 1.29 is 5.11 Å². The van der Waals surface area contributed by atoms with E-state index in [4.69, 9.17) is 0 Å². The second-order valence-electron chi connectivity index (χ2n) is 4.07. The van der Waals surface area contributed by atoms with Crippen molar-refractivity contribution in [1.82, 2.24) is 4.90 Å². The quantitative estimate of drug-likeness (QED) is 0.721. The van der Waals surface area contributed by atoms with Gasteiger partial charge in [-0.15, -0.1) is 0 Å². The zero-order valence-corrected chi connectivity index (χ0v) is 8.70. The zero-order chi connectivity index (χ0) is 9.84. The molecule has 13 heavy (non-hydrogen) atoms. The Hall–Kier alpha value is -0.760. The van der Waals surface area contributed by atoms with Crippen LogP contribution in [0.5, 0.6) is 0 Å². The molecular formula is C11H19NO. The van der Waals surface area contributed by atoms with Gasteiger partial charge in [0.15, 0.2) is 0 Å². The molecule has 0 saturated heterocycles. The fourth-order valence-corrected chi connectivity index (χ4v) is 1.33. The minimum absolute atomic E-state index is 0.428. The third-order valence-corrected chi connectivity index (χ3v) is 2.21. The van der Waals surface area contributed by atoms with Crippen molar-refractivity contribution in [3.05, 3.63) is 23.9 Å². The van der Waals surface area contributed by atoms with E-state index in [1.165, 1.54) is 5.57 Å². The van der Waals surface area contributed by atoms with Crippen LogP contribution in [0.25, 0.3) is 0 Å². The summed E-state index contributed by atoms with van der Waals surface area (Å²) in [5.74, 6) is 0.687. The van der Waals surface area contributed by atoms with Gasteiger partial charge >= 0.3 is 0 Å². The molecule has 0 radical (unpaired) electrons. The summed E-state index contributed by atoms with van der Waals surface area (Å²) in [4.78, 5) is 1.98. The van der Waals surface area contributed by atoms with E-state index in [0.29, 0.717) is 5.92 Å². The molecule has 1 atom stereocenters. The molecule has 0 aromatic carbocycles. The first-order valence-corrected chi connectivity index (χ1v) is 4.90. The molecule has 1 unspecified atom stereocenters. The maximum Gasteiger partial charge on any atom is 0.146 e. The standard InChI is InChI=1S/C11H19NO/c1-9(2)6-7-12-8-10(3)4-5-11(12)13/h4-5,8-9,11,13H,6-7H2,1-3H3. The van der Waals surface area contributed by atoms with Gasteiger partial charge in [0.05, 0.1) is 0 Å². The van der Waals surface area contributed by atoms with Crippen LogP contribution in [-0.2, 0) is 0 Å². The first-order valence-electron chi connectivity index (χ1n) is 4.90. The van der Waals surface area contributed by atoms with E-state index in [9.17, 15) is 5.11 Å². The topological polar surface area (TPSA) is 23.5 Å². The molecule has 0 saturated carbocycles. The predicted octanol–water partition coefficient (Wildman–Crippen LogP) is 2.13. The van der Waals surface area contributed by atoms with Crippen molar-refractivity contribution in [3.63, 3.8) is 0 Å². The van der Waals surface area contributed by atoms with Gasteiger partial charge in [-0.05, 0) is 30.9 Å². The maximum absolute atomic E-state index is 9.59. The molecule has 2 heteroatoms. The van der Waals surface area contributed by atoms with E-state index in [2.05, 4.69) is 13.8 Å². The Balaban J connectivity index is 2.45. The van der Waals surface area contributed by atoms with E-state index in [-0.39, 0.29) is 0 Å². The van der Waals surface area contributed by atoms with Gasteiger partial charge in [0, 0.05) is 12.7 Å². The highest BCUT2D eigenvalue weighted by Crippen LogP contribution is 2.13. The third kappa shape index (κ3) is 3.23. The first kappa shape index (κ1) is 10.3. The molecule has 0 aromatic heterocycles. The summed E-state index contributed by atoms with van der Waals surface area (Å²) in [6.45, 7) is 7.37. The minimum Gasteiger partial charge on any atom is -0.370 e. The number of hydrogen-bond donors (Lipinski definition) is 1. The molecular weight excluding hydrogens is 162 g/mol. The van der Waals surface area contributed by atoms with Gasteiger partial charge < -0.3 is 10.0 Å². The SMILES string of the molecule is CC1=CN(CCC(C)C)C(O)C=C1. The maximum atomic E-state index is 9.59. The average molecular weight is 181 g/mol. The molecule has 0 fully saturated rings. The van der Waals surface area contributed by atoms with Crippen molar-refractivity contribution in [3.8, 4) is 0 Å². The smallest absolute Gasteiger partial charge is 0.146 e. The largest absolute Gasteiger partial charge is 0.370 e. The van der Waals surface area contributed by atoms with Crippen LogP contribution in [0.1, 0.15) is 27.2 Å². The normalized spacial score (nSPS) is 22.4. The fourth-order valence-electron chi connectivity index (χ4n) is 1.33. The Morgan fingerprint density at radius 1 is 1.54 bits per heavy atom. The fraction of sp³-hybridized carbons (Fsp3) is 0.636. The van der Waals surface area contributed by atoms with Crippen molar-refractivity contribution in [2.75, 3.05) is 6.54 Å². The summed E-state index contributed by atoms with van der Waals surface area (Å²) in [7, 11) is 0. The average Bonchev–Trinajstić information content (AvgIpc) is 2.06. The Morgan fingerprint density at radius 3 is 2.85 bits per heavy atom. The number of hydrogen-bond acceptors (Lipinski definition) is 2. The van der Waals surface area contributed by atoms with E-state index < -0.39 is 6.23 Å². The van der Waals surface area contributed by atoms with Gasteiger partial charge in [0.2, 0.25) is 0 Å². The molecule has 2 nitrogen and oxygen atoms in total. The lowest BCUT2D eigenvalue weighted by Gasteiger charge is -2.28. The summed E-state index contributed by atoms with van der Waals surface area (Å²) in [5, 5.41) is 9.59. The van der Waals surface area contributed by atoms with Gasteiger partial charge in [-0.25, -0.2) is 0 Å². The van der Waals surface area contributed by atoms with Crippen molar-refractivity contribution in [2.24, 2.45) is 5.92 Å². The highest BCUT2D eigenvalue weighted by Gasteiger charge is 2.12. The van der Waals surface area contributed by atoms with E-state index in [0.717, 1.165) is 13.0 Å². The highest BCUT2D eigenvalue weighted by atomic mass is 16.3. The number of aliphatic hydroxyl groups excluding tert-OH is 1. The van der Waals surface area contributed by atoms with Crippen LogP contribution >= 0.6 is 0 Å². The summed E-state index contributed by atoms with van der Waals surface area (Å²) in [5.41, 5.74) is 1.20. The molecule has 0 amide bonds. The van der Waals surface area contributed by atoms with Gasteiger partial charge in [0.25, 0.3) is 0 Å². The number of rotatable bonds is 3. The lowest BCUT2D eigenvalue weighted by Crippen LogP contribution is -2.32. The zero-order valence-electron chi connectivity index (χ0n) is 8.70. The van der Waals surface area contributed by atoms with Crippen LogP contribution in [0.3, 0.4) is 0 Å². The predicted molar refractivity (Wildman–Crippen MR) is 55.1 cm³/mol. The van der Waals surface area contributed by atoms with Gasteiger partial charge in [0.1, 0.15) is 6.23 Å². The molecule has 0 spiro atoms. The first-order chi connectivity index (χ1) is 6.09. The molecule has 1 heterocycles. The molecule has 0 bridgehead atoms. The van der Waals surface area contributed by atoms with E-state index >= 15 is 0 Å². The second-order valence-corrected chi connectivity index (χ2v) is 4.07. The van der Waals surface area contributed by atoms with Crippen molar-refractivity contribution in [2.45, 2.75) is 33.4 Å². The summed E-state index contributed by atoms with van der Waals surface area (Å²) < 4.78 is 0. The second kappa shape index (κ2) is 4.47. The lowest BCUT2D eigenvalue weighted by atomic mass is 10.1. The van der Waals surface area contributed by atoms with Gasteiger partial charge in [-0.3, -0.25) is 0 Å². The molecule has 0 aliphatic carbocycles. The number of allylic oxidation sites excluding steroid dienone is 2. The Labute approximate surface area is 80.6 Å². The van der Waals surface area contributed by atoms with Crippen LogP contribution in [0.2, 0.25) is 0 Å². The van der Waals surface area contributed by atoms with Gasteiger partial charge in [-0.2, -0.15) is 0 Å². The molecule has 1 N–H and O–H groups in total. The summed E-state index contributed by atoms with van der Waals surface area (Å²) in [6, 6.07) is 0. The minimum atomic E-state index is -0.428. The van der Waals surface area contributed by atoms with E-state index in [1.807, 2.05) is 30.2 Å². The molecule has 1 aliphatic rings. The highest BCUT2D eigenvalue weighted by molar-refractivity contribution is 5.20. The Kier molecular flexibility index (Phi) is 3.55. The molecule has 74 valence electrons. The van der Waals surface area contributed by atoms with Crippen LogP contribution in [0, 0.1) is 5.92 Å². The van der Waals surface area contributed by atoms with E-state index in [1.54, 1.807) is 0 Å². The van der Waals surface area contributed by atoms with Crippen LogP contribution in [-0.4, -0.2) is 22.8 Å². The Morgan fingerprint density at radius 2 is 2.23 bits per heavy atom. The van der Waals surface area contributed by atoms with Crippen LogP contribution in [0.15, 0.2) is 23.9 Å². The number of nitrogens with zero attached hydrogens (tertiary/aromatic N) is 1. The molecule has 0 aromatic rings. The molecule has 1 aliphatic heterocycles. The van der Waals surface area contributed by atoms with Crippen LogP contribution in [0.4, 0.5) is 0 Å². The molecule has 1 rings (SSSR count). The van der Waals surface area contributed by atoms with Crippen LogP contribution < -0.4 is 0 Å². The number of aliphatic hydroxyl groups is 1. The Bertz CT molecular complexity index is 218. The van der Waals surface area contributed by atoms with Crippen molar-refractivity contribution >= 4 is 0 Å². The van der Waals surface area contributed by atoms with Crippen molar-refractivity contribution in [1.29, 1.82) is 0 Å². The van der Waals surface area contributed by atoms with Gasteiger partial charge in [-0.1, -0.05) is 19.9 Å². The summed E-state index contributed by atoms with van der Waals surface area (Å²) >= 11 is 0. The summed E-state index contributed by atoms with van der Waals surface area (Å²) in [6.07, 6.45) is 6.50. The monoisotopic (exact) mass is 181 g/mol.